The Kier molecular flexibility index (Phi) is 3.27. The van der Waals surface area contributed by atoms with Gasteiger partial charge in [-0.3, -0.25) is 4.98 Å². The van der Waals surface area contributed by atoms with Crippen LogP contribution in [0.3, 0.4) is 0 Å². The summed E-state index contributed by atoms with van der Waals surface area (Å²) in [6.45, 7) is 0.310. The number of pyridine rings is 1. The molecule has 1 aromatic heterocycles. The lowest BCUT2D eigenvalue weighted by atomic mass is 10.2. The van der Waals surface area contributed by atoms with E-state index in [1.165, 1.54) is 0 Å². The highest BCUT2D eigenvalue weighted by Crippen LogP contribution is 2.18. The molecule has 2 nitrogen and oxygen atoms in total. The second-order valence-electron chi connectivity index (χ2n) is 3.46. The van der Waals surface area contributed by atoms with Crippen LogP contribution >= 0.6 is 0 Å². The second-order valence-corrected chi connectivity index (χ2v) is 3.46. The van der Waals surface area contributed by atoms with Gasteiger partial charge in [-0.25, -0.2) is 13.2 Å². The first-order chi connectivity index (χ1) is 8.16. The largest absolute Gasteiger partial charge is 0.379 e. The number of rotatable bonds is 3. The van der Waals surface area contributed by atoms with E-state index in [1.807, 2.05) is 0 Å². The van der Waals surface area contributed by atoms with Crippen molar-refractivity contribution in [2.75, 3.05) is 5.32 Å². The SMILES string of the molecule is Fc1cc(F)c(NCc2ccncc2)cc1F. The van der Waals surface area contributed by atoms with Gasteiger partial charge in [-0.15, -0.1) is 0 Å². The van der Waals surface area contributed by atoms with E-state index < -0.39 is 17.5 Å². The second kappa shape index (κ2) is 4.86. The fraction of sp³-hybridized carbons (Fsp3) is 0.0833. The molecule has 0 aliphatic rings. The first-order valence-corrected chi connectivity index (χ1v) is 4.94. The molecule has 1 N–H and O–H groups in total. The number of nitrogens with zero attached hydrogens (tertiary/aromatic N) is 1. The summed E-state index contributed by atoms with van der Waals surface area (Å²) in [6.07, 6.45) is 3.19. The van der Waals surface area contributed by atoms with Crippen molar-refractivity contribution in [3.8, 4) is 0 Å². The third-order valence-electron chi connectivity index (χ3n) is 2.24. The molecule has 0 fully saturated rings. The molecular formula is C12H9F3N2. The van der Waals surface area contributed by atoms with Crippen LogP contribution in [0.4, 0.5) is 18.9 Å². The number of hydrogen-bond donors (Lipinski definition) is 1. The Labute approximate surface area is 96.1 Å². The van der Waals surface area contributed by atoms with Gasteiger partial charge in [0.2, 0.25) is 0 Å². The van der Waals surface area contributed by atoms with Gasteiger partial charge in [0, 0.05) is 31.1 Å². The van der Waals surface area contributed by atoms with Gasteiger partial charge in [0.1, 0.15) is 5.82 Å². The Balaban J connectivity index is 2.12. The maximum absolute atomic E-state index is 13.3. The van der Waals surface area contributed by atoms with Crippen molar-refractivity contribution in [3.05, 3.63) is 59.7 Å². The summed E-state index contributed by atoms with van der Waals surface area (Å²) >= 11 is 0. The van der Waals surface area contributed by atoms with Gasteiger partial charge in [-0.2, -0.15) is 0 Å². The summed E-state index contributed by atoms with van der Waals surface area (Å²) in [4.78, 5) is 3.83. The lowest BCUT2D eigenvalue weighted by molar-refractivity contribution is 0.496. The summed E-state index contributed by atoms with van der Waals surface area (Å²) in [6, 6.07) is 4.80. The molecule has 0 aliphatic heterocycles. The Morgan fingerprint density at radius 1 is 0.941 bits per heavy atom. The topological polar surface area (TPSA) is 24.9 Å². The van der Waals surface area contributed by atoms with Gasteiger partial charge in [0.15, 0.2) is 11.6 Å². The zero-order valence-corrected chi connectivity index (χ0v) is 8.75. The van der Waals surface area contributed by atoms with E-state index >= 15 is 0 Å². The lowest BCUT2D eigenvalue weighted by Gasteiger charge is -2.07. The van der Waals surface area contributed by atoms with Crippen LogP contribution in [0, 0.1) is 17.5 Å². The van der Waals surface area contributed by atoms with Crippen molar-refractivity contribution >= 4 is 5.69 Å². The summed E-state index contributed by atoms with van der Waals surface area (Å²) in [7, 11) is 0. The van der Waals surface area contributed by atoms with Crippen LogP contribution < -0.4 is 5.32 Å². The molecule has 5 heteroatoms. The lowest BCUT2D eigenvalue weighted by Crippen LogP contribution is -2.03. The Bertz CT molecular complexity index is 515. The van der Waals surface area contributed by atoms with Gasteiger partial charge in [0.05, 0.1) is 5.69 Å². The van der Waals surface area contributed by atoms with E-state index in [9.17, 15) is 13.2 Å². The minimum absolute atomic E-state index is 0.0688. The molecular weight excluding hydrogens is 229 g/mol. The Hall–Kier alpha value is -2.04. The smallest absolute Gasteiger partial charge is 0.161 e. The van der Waals surface area contributed by atoms with Crippen LogP contribution in [0.25, 0.3) is 0 Å². The molecule has 2 aromatic rings. The first-order valence-electron chi connectivity index (χ1n) is 4.94. The maximum atomic E-state index is 13.3. The monoisotopic (exact) mass is 238 g/mol. The highest BCUT2D eigenvalue weighted by Gasteiger charge is 2.09. The van der Waals surface area contributed by atoms with Crippen LogP contribution in [-0.4, -0.2) is 4.98 Å². The van der Waals surface area contributed by atoms with E-state index in [1.54, 1.807) is 24.5 Å². The summed E-state index contributed by atoms with van der Waals surface area (Å²) < 4.78 is 38.8. The number of hydrogen-bond acceptors (Lipinski definition) is 2. The fourth-order valence-electron chi connectivity index (χ4n) is 1.36. The highest BCUT2D eigenvalue weighted by molar-refractivity contribution is 5.45. The average molecular weight is 238 g/mol. The van der Waals surface area contributed by atoms with Gasteiger partial charge in [0.25, 0.3) is 0 Å². The van der Waals surface area contributed by atoms with Gasteiger partial charge in [-0.05, 0) is 17.7 Å². The minimum atomic E-state index is -1.20. The van der Waals surface area contributed by atoms with E-state index in [2.05, 4.69) is 10.3 Å². The molecule has 1 aromatic carbocycles. The number of anilines is 1. The van der Waals surface area contributed by atoms with Crippen molar-refractivity contribution < 1.29 is 13.2 Å². The normalized spacial score (nSPS) is 10.3. The molecule has 0 aliphatic carbocycles. The van der Waals surface area contributed by atoms with E-state index in [-0.39, 0.29) is 5.69 Å². The number of aromatic nitrogens is 1. The van der Waals surface area contributed by atoms with Gasteiger partial charge >= 0.3 is 0 Å². The number of halogens is 3. The van der Waals surface area contributed by atoms with Crippen molar-refractivity contribution in [1.82, 2.24) is 4.98 Å². The molecule has 0 bridgehead atoms. The van der Waals surface area contributed by atoms with Crippen LogP contribution in [0.1, 0.15) is 5.56 Å². The van der Waals surface area contributed by atoms with Gasteiger partial charge in [-0.1, -0.05) is 0 Å². The molecule has 0 saturated carbocycles. The summed E-state index contributed by atoms with van der Waals surface area (Å²) in [5.74, 6) is -3.10. The van der Waals surface area contributed by atoms with E-state index in [4.69, 9.17) is 0 Å². The molecule has 17 heavy (non-hydrogen) atoms. The standard InChI is InChI=1S/C12H9F3N2/c13-9-5-11(15)12(6-10(9)14)17-7-8-1-3-16-4-2-8/h1-6,17H,7H2. The van der Waals surface area contributed by atoms with Crippen molar-refractivity contribution in [1.29, 1.82) is 0 Å². The molecule has 0 spiro atoms. The Morgan fingerprint density at radius 3 is 2.29 bits per heavy atom. The molecule has 0 saturated heterocycles. The van der Waals surface area contributed by atoms with Crippen molar-refractivity contribution in [2.45, 2.75) is 6.54 Å². The van der Waals surface area contributed by atoms with Crippen LogP contribution in [0.2, 0.25) is 0 Å². The van der Waals surface area contributed by atoms with E-state index in [0.717, 1.165) is 11.6 Å². The van der Waals surface area contributed by atoms with E-state index in [0.29, 0.717) is 12.6 Å². The maximum Gasteiger partial charge on any atom is 0.161 e. The molecule has 0 amide bonds. The number of benzene rings is 1. The Morgan fingerprint density at radius 2 is 1.59 bits per heavy atom. The van der Waals surface area contributed by atoms with Crippen LogP contribution in [0.15, 0.2) is 36.7 Å². The van der Waals surface area contributed by atoms with Crippen LogP contribution in [0.5, 0.6) is 0 Å². The minimum Gasteiger partial charge on any atom is -0.379 e. The molecule has 2 rings (SSSR count). The van der Waals surface area contributed by atoms with Gasteiger partial charge < -0.3 is 5.32 Å². The zero-order chi connectivity index (χ0) is 12.3. The third kappa shape index (κ3) is 2.75. The predicted octanol–water partition coefficient (Wildman–Crippen LogP) is 3.11. The third-order valence-corrected chi connectivity index (χ3v) is 2.24. The molecule has 1 heterocycles. The average Bonchev–Trinajstić information content (AvgIpc) is 2.33. The predicted molar refractivity (Wildman–Crippen MR) is 57.9 cm³/mol. The summed E-state index contributed by atoms with van der Waals surface area (Å²) in [5.41, 5.74) is 0.796. The quantitative estimate of drug-likeness (QED) is 0.831. The fourth-order valence-corrected chi connectivity index (χ4v) is 1.36. The zero-order valence-electron chi connectivity index (χ0n) is 8.75. The number of nitrogens with one attached hydrogen (secondary N) is 1. The highest BCUT2D eigenvalue weighted by atomic mass is 19.2. The molecule has 0 atom stereocenters. The molecule has 0 radical (unpaired) electrons. The first kappa shape index (κ1) is 11.4. The molecule has 88 valence electrons. The summed E-state index contributed by atoms with van der Waals surface area (Å²) in [5, 5.41) is 2.69. The molecule has 0 unspecified atom stereocenters. The van der Waals surface area contributed by atoms with Crippen LogP contribution in [-0.2, 0) is 6.54 Å². The van der Waals surface area contributed by atoms with Crippen molar-refractivity contribution in [3.63, 3.8) is 0 Å². The van der Waals surface area contributed by atoms with Crippen molar-refractivity contribution in [2.24, 2.45) is 0 Å².